The molecule has 1 atom stereocenters. The van der Waals surface area contributed by atoms with Crippen molar-refractivity contribution in [2.75, 3.05) is 11.9 Å². The number of aromatic nitrogens is 1. The molecule has 0 aliphatic heterocycles. The summed E-state index contributed by atoms with van der Waals surface area (Å²) in [6.07, 6.45) is 2.20. The molecule has 0 unspecified atom stereocenters. The number of amides is 2. The van der Waals surface area contributed by atoms with E-state index in [0.717, 1.165) is 9.75 Å². The van der Waals surface area contributed by atoms with Crippen molar-refractivity contribution in [1.29, 1.82) is 0 Å². The third-order valence-electron chi connectivity index (χ3n) is 2.45. The highest BCUT2D eigenvalue weighted by molar-refractivity contribution is 7.15. The molecule has 0 aliphatic rings. The highest BCUT2D eigenvalue weighted by atomic mass is 32.1. The number of urea groups is 1. The largest absolute Gasteiger partial charge is 0.396 e. The molecule has 5 nitrogen and oxygen atoms in total. The van der Waals surface area contributed by atoms with Gasteiger partial charge in [0, 0.05) is 22.6 Å². The van der Waals surface area contributed by atoms with Crippen LogP contribution in [0.4, 0.5) is 9.93 Å². The Morgan fingerprint density at radius 2 is 2.42 bits per heavy atom. The first-order valence-electron chi connectivity index (χ1n) is 5.83. The van der Waals surface area contributed by atoms with E-state index in [4.69, 9.17) is 5.11 Å². The van der Waals surface area contributed by atoms with Crippen molar-refractivity contribution in [1.82, 2.24) is 10.3 Å². The van der Waals surface area contributed by atoms with Gasteiger partial charge in [-0.05, 0) is 24.8 Å². The Balaban J connectivity index is 1.95. The lowest BCUT2D eigenvalue weighted by atomic mass is 10.2. The van der Waals surface area contributed by atoms with Gasteiger partial charge in [-0.15, -0.1) is 22.7 Å². The molecular weight excluding hydrogens is 282 g/mol. The lowest BCUT2D eigenvalue weighted by Gasteiger charge is -2.16. The zero-order valence-electron chi connectivity index (χ0n) is 10.4. The third kappa shape index (κ3) is 4.02. The number of nitrogens with zero attached hydrogens (tertiary/aromatic N) is 1. The topological polar surface area (TPSA) is 74.2 Å². The number of anilines is 1. The number of hydrogen-bond acceptors (Lipinski definition) is 5. The van der Waals surface area contributed by atoms with Crippen LogP contribution in [-0.4, -0.2) is 22.7 Å². The molecule has 2 amide bonds. The van der Waals surface area contributed by atoms with E-state index in [-0.39, 0.29) is 18.7 Å². The molecular formula is C12H15N3O2S2. The average Bonchev–Trinajstić information content (AvgIpc) is 3.00. The second-order valence-corrected chi connectivity index (χ2v) is 6.17. The monoisotopic (exact) mass is 297 g/mol. The predicted molar refractivity (Wildman–Crippen MR) is 77.8 cm³/mol. The van der Waals surface area contributed by atoms with Crippen molar-refractivity contribution in [2.45, 2.75) is 19.4 Å². The van der Waals surface area contributed by atoms with Gasteiger partial charge >= 0.3 is 6.03 Å². The highest BCUT2D eigenvalue weighted by Crippen LogP contribution is 2.22. The molecule has 0 aromatic carbocycles. The van der Waals surface area contributed by atoms with Crippen LogP contribution in [0.15, 0.2) is 23.7 Å². The minimum absolute atomic E-state index is 0.0270. The fraction of sp³-hybridized carbons (Fsp3) is 0.333. The molecule has 7 heteroatoms. The SMILES string of the molecule is Cc1cnc(NC(=O)N[C@H](CCO)c2cccs2)s1. The zero-order valence-corrected chi connectivity index (χ0v) is 12.1. The smallest absolute Gasteiger partial charge is 0.321 e. The molecule has 0 saturated heterocycles. The van der Waals surface area contributed by atoms with Crippen LogP contribution in [-0.2, 0) is 0 Å². The van der Waals surface area contributed by atoms with Crippen molar-refractivity contribution in [3.05, 3.63) is 33.5 Å². The molecule has 2 aromatic heterocycles. The number of hydrogen-bond donors (Lipinski definition) is 3. The maximum atomic E-state index is 11.9. The lowest BCUT2D eigenvalue weighted by molar-refractivity contribution is 0.239. The van der Waals surface area contributed by atoms with Crippen LogP contribution in [0.2, 0.25) is 0 Å². The molecule has 0 spiro atoms. The maximum Gasteiger partial charge on any atom is 0.321 e. The number of thiophene rings is 1. The Morgan fingerprint density at radius 1 is 1.58 bits per heavy atom. The van der Waals surface area contributed by atoms with Crippen molar-refractivity contribution >= 4 is 33.8 Å². The number of aryl methyl sites for hydroxylation is 1. The summed E-state index contributed by atoms with van der Waals surface area (Å²) in [5.74, 6) is 0. The van der Waals surface area contributed by atoms with Gasteiger partial charge in [0.1, 0.15) is 0 Å². The molecule has 0 saturated carbocycles. The number of rotatable bonds is 5. The summed E-state index contributed by atoms with van der Waals surface area (Å²) in [6, 6.07) is 3.39. The minimum atomic E-state index is -0.304. The van der Waals surface area contributed by atoms with Gasteiger partial charge in [-0.2, -0.15) is 0 Å². The Morgan fingerprint density at radius 3 is 3.00 bits per heavy atom. The van der Waals surface area contributed by atoms with Crippen LogP contribution in [0.5, 0.6) is 0 Å². The van der Waals surface area contributed by atoms with Crippen LogP contribution in [0.25, 0.3) is 0 Å². The van der Waals surface area contributed by atoms with Crippen LogP contribution >= 0.6 is 22.7 Å². The summed E-state index contributed by atoms with van der Waals surface area (Å²) in [7, 11) is 0. The average molecular weight is 297 g/mol. The van der Waals surface area contributed by atoms with E-state index < -0.39 is 0 Å². The minimum Gasteiger partial charge on any atom is -0.396 e. The first-order valence-corrected chi connectivity index (χ1v) is 7.53. The standard InChI is InChI=1S/C12H15N3O2S2/c1-8-7-13-12(19-8)15-11(17)14-9(4-5-16)10-3-2-6-18-10/h2-3,6-7,9,16H,4-5H2,1H3,(H2,13,14,15,17)/t9-/m1/s1. The number of carbonyl (C=O) groups is 1. The highest BCUT2D eigenvalue weighted by Gasteiger charge is 2.15. The molecule has 19 heavy (non-hydrogen) atoms. The van der Waals surface area contributed by atoms with Crippen molar-refractivity contribution in [2.24, 2.45) is 0 Å². The van der Waals surface area contributed by atoms with E-state index in [1.54, 1.807) is 17.5 Å². The number of aliphatic hydroxyl groups is 1. The number of carbonyl (C=O) groups excluding carboxylic acids is 1. The molecule has 0 bridgehead atoms. The Bertz CT molecular complexity index is 525. The molecule has 0 fully saturated rings. The second kappa shape index (κ2) is 6.65. The third-order valence-corrected chi connectivity index (χ3v) is 4.27. The summed E-state index contributed by atoms with van der Waals surface area (Å²) in [5.41, 5.74) is 0. The van der Waals surface area contributed by atoms with Crippen molar-refractivity contribution < 1.29 is 9.90 Å². The van der Waals surface area contributed by atoms with Gasteiger partial charge in [0.15, 0.2) is 5.13 Å². The number of thiazole rings is 1. The van der Waals surface area contributed by atoms with Crippen LogP contribution in [0.1, 0.15) is 22.2 Å². The molecule has 102 valence electrons. The molecule has 3 N–H and O–H groups in total. The molecule has 2 heterocycles. The van der Waals surface area contributed by atoms with E-state index in [0.29, 0.717) is 11.6 Å². The van der Waals surface area contributed by atoms with E-state index in [1.165, 1.54) is 11.3 Å². The van der Waals surface area contributed by atoms with Crippen molar-refractivity contribution in [3.63, 3.8) is 0 Å². The van der Waals surface area contributed by atoms with Gasteiger partial charge in [0.05, 0.1) is 6.04 Å². The van der Waals surface area contributed by atoms with E-state index in [2.05, 4.69) is 15.6 Å². The summed E-state index contributed by atoms with van der Waals surface area (Å²) < 4.78 is 0. The quantitative estimate of drug-likeness (QED) is 0.794. The Labute approximate surface area is 119 Å². The summed E-state index contributed by atoms with van der Waals surface area (Å²) in [5, 5.41) is 17.1. The Hall–Kier alpha value is -1.44. The number of aliphatic hydroxyl groups excluding tert-OH is 1. The van der Waals surface area contributed by atoms with Crippen molar-refractivity contribution in [3.8, 4) is 0 Å². The van der Waals surface area contributed by atoms with E-state index in [9.17, 15) is 4.79 Å². The van der Waals surface area contributed by atoms with Gasteiger partial charge in [0.2, 0.25) is 0 Å². The normalized spacial score (nSPS) is 12.1. The van der Waals surface area contributed by atoms with Crippen LogP contribution < -0.4 is 10.6 Å². The van der Waals surface area contributed by atoms with Gasteiger partial charge in [-0.25, -0.2) is 9.78 Å². The van der Waals surface area contributed by atoms with Gasteiger partial charge in [-0.1, -0.05) is 6.07 Å². The fourth-order valence-electron chi connectivity index (χ4n) is 1.61. The first-order chi connectivity index (χ1) is 9.19. The maximum absolute atomic E-state index is 11.9. The molecule has 2 rings (SSSR count). The van der Waals surface area contributed by atoms with Crippen LogP contribution in [0, 0.1) is 6.92 Å². The second-order valence-electron chi connectivity index (χ2n) is 3.95. The van der Waals surface area contributed by atoms with Gasteiger partial charge < -0.3 is 10.4 Å². The van der Waals surface area contributed by atoms with Gasteiger partial charge in [0.25, 0.3) is 0 Å². The fourth-order valence-corrected chi connectivity index (χ4v) is 3.08. The number of nitrogens with one attached hydrogen (secondary N) is 2. The van der Waals surface area contributed by atoms with E-state index in [1.807, 2.05) is 24.4 Å². The summed E-state index contributed by atoms with van der Waals surface area (Å²) in [4.78, 5) is 18.0. The lowest BCUT2D eigenvalue weighted by Crippen LogP contribution is -2.32. The summed E-state index contributed by atoms with van der Waals surface area (Å²) >= 11 is 2.98. The molecule has 0 aliphatic carbocycles. The van der Waals surface area contributed by atoms with E-state index >= 15 is 0 Å². The van der Waals surface area contributed by atoms with Crippen LogP contribution in [0.3, 0.4) is 0 Å². The van der Waals surface area contributed by atoms with Gasteiger partial charge in [-0.3, -0.25) is 5.32 Å². The summed E-state index contributed by atoms with van der Waals surface area (Å²) in [6.45, 7) is 1.96. The first kappa shape index (κ1) is 14.0. The Kier molecular flexibility index (Phi) is 4.89. The predicted octanol–water partition coefficient (Wildman–Crippen LogP) is 2.76. The molecule has 2 aromatic rings. The zero-order chi connectivity index (χ0) is 13.7. The molecule has 0 radical (unpaired) electrons.